The molecule has 0 aliphatic rings. The van der Waals surface area contributed by atoms with Crippen molar-refractivity contribution in [1.29, 1.82) is 0 Å². The minimum absolute atomic E-state index is 0.338. The van der Waals surface area contributed by atoms with Gasteiger partial charge in [0.05, 0.1) is 22.3 Å². The van der Waals surface area contributed by atoms with Crippen LogP contribution in [0.3, 0.4) is 0 Å². The van der Waals surface area contributed by atoms with E-state index < -0.39 is 18.0 Å². The number of hydrogen-bond acceptors (Lipinski definition) is 6. The number of rotatable bonds is 5. The molecule has 2 N–H and O–H groups in total. The average Bonchev–Trinajstić information content (AvgIpc) is 3.33. The molecule has 0 saturated heterocycles. The molecule has 2 aromatic heterocycles. The van der Waals surface area contributed by atoms with Crippen molar-refractivity contribution in [3.05, 3.63) is 65.2 Å². The highest BCUT2D eigenvalue weighted by atomic mass is 32.1. The van der Waals surface area contributed by atoms with Crippen LogP contribution in [0, 0.1) is 6.92 Å². The van der Waals surface area contributed by atoms with Gasteiger partial charge in [-0.2, -0.15) is 0 Å². The molecular formula is C21H18N4O3S. The molecule has 146 valence electrons. The first kappa shape index (κ1) is 18.8. The van der Waals surface area contributed by atoms with Gasteiger partial charge in [-0.05, 0) is 32.0 Å². The predicted octanol–water partition coefficient (Wildman–Crippen LogP) is 4.18. The number of fused-ring (bicyclic) bond motifs is 1. The third-order valence-corrected chi connectivity index (χ3v) is 5.14. The molecule has 1 atom stereocenters. The van der Waals surface area contributed by atoms with Crippen LogP contribution in [0.5, 0.6) is 0 Å². The summed E-state index contributed by atoms with van der Waals surface area (Å²) in [5.74, 6) is -0.292. The lowest BCUT2D eigenvalue weighted by atomic mass is 10.2. The average molecular weight is 406 g/mol. The Morgan fingerprint density at radius 3 is 2.66 bits per heavy atom. The molecule has 2 heterocycles. The summed E-state index contributed by atoms with van der Waals surface area (Å²) in [6.07, 6.45) is -0.955. The van der Waals surface area contributed by atoms with E-state index in [9.17, 15) is 9.59 Å². The third kappa shape index (κ3) is 4.17. The van der Waals surface area contributed by atoms with Crippen molar-refractivity contribution in [3.8, 4) is 11.4 Å². The zero-order chi connectivity index (χ0) is 20.4. The van der Waals surface area contributed by atoms with Gasteiger partial charge in [0.25, 0.3) is 5.91 Å². The van der Waals surface area contributed by atoms with Crippen LogP contribution in [0.4, 0.5) is 5.13 Å². The number of carbonyl (C=O) groups excluding carboxylic acids is 2. The molecule has 0 spiro atoms. The number of hydrogen-bond donors (Lipinski definition) is 2. The van der Waals surface area contributed by atoms with Crippen LogP contribution in [0.15, 0.2) is 53.9 Å². The molecule has 4 aromatic rings. The van der Waals surface area contributed by atoms with Crippen LogP contribution in [0.25, 0.3) is 22.4 Å². The predicted molar refractivity (Wildman–Crippen MR) is 112 cm³/mol. The number of anilines is 1. The molecule has 0 aliphatic heterocycles. The van der Waals surface area contributed by atoms with Gasteiger partial charge in [-0.25, -0.2) is 14.8 Å². The molecule has 1 amide bonds. The van der Waals surface area contributed by atoms with Crippen LogP contribution in [0.2, 0.25) is 0 Å². The number of imidazole rings is 1. The highest BCUT2D eigenvalue weighted by Crippen LogP contribution is 2.22. The fourth-order valence-corrected chi connectivity index (χ4v) is 3.46. The van der Waals surface area contributed by atoms with Crippen molar-refractivity contribution in [3.63, 3.8) is 0 Å². The van der Waals surface area contributed by atoms with Crippen LogP contribution < -0.4 is 5.32 Å². The maximum Gasteiger partial charge on any atom is 0.338 e. The van der Waals surface area contributed by atoms with Gasteiger partial charge in [0.15, 0.2) is 11.2 Å². The Kier molecular flexibility index (Phi) is 5.09. The quantitative estimate of drug-likeness (QED) is 0.485. The first-order valence-corrected chi connectivity index (χ1v) is 9.87. The van der Waals surface area contributed by atoms with Gasteiger partial charge < -0.3 is 9.72 Å². The first-order valence-electron chi connectivity index (χ1n) is 8.99. The molecule has 29 heavy (non-hydrogen) atoms. The molecule has 0 aliphatic carbocycles. The van der Waals surface area contributed by atoms with Crippen LogP contribution in [-0.4, -0.2) is 32.9 Å². The number of thiazole rings is 1. The number of esters is 1. The Morgan fingerprint density at radius 1 is 1.14 bits per heavy atom. The normalized spacial score (nSPS) is 11.9. The van der Waals surface area contributed by atoms with E-state index in [-0.39, 0.29) is 0 Å². The number of carbonyl (C=O) groups is 2. The summed E-state index contributed by atoms with van der Waals surface area (Å²) in [4.78, 5) is 36.6. The minimum Gasteiger partial charge on any atom is -0.449 e. The molecule has 7 nitrogen and oxygen atoms in total. The Hall–Kier alpha value is -3.52. The molecule has 0 fully saturated rings. The number of nitrogens with zero attached hydrogens (tertiary/aromatic N) is 2. The van der Waals surface area contributed by atoms with E-state index in [2.05, 4.69) is 20.3 Å². The van der Waals surface area contributed by atoms with Crippen LogP contribution in [0.1, 0.15) is 23.0 Å². The van der Waals surface area contributed by atoms with Crippen LogP contribution >= 0.6 is 11.3 Å². The van der Waals surface area contributed by atoms with Gasteiger partial charge in [-0.15, -0.1) is 11.3 Å². The summed E-state index contributed by atoms with van der Waals surface area (Å²) in [5.41, 5.74) is 3.57. The second kappa shape index (κ2) is 7.84. The lowest BCUT2D eigenvalue weighted by molar-refractivity contribution is -0.123. The Labute approximate surface area is 170 Å². The topological polar surface area (TPSA) is 97.0 Å². The maximum absolute atomic E-state index is 12.5. The molecule has 2 aromatic carbocycles. The van der Waals surface area contributed by atoms with Gasteiger partial charge in [-0.3, -0.25) is 10.1 Å². The van der Waals surface area contributed by atoms with E-state index >= 15 is 0 Å². The molecule has 0 bridgehead atoms. The highest BCUT2D eigenvalue weighted by molar-refractivity contribution is 7.13. The smallest absolute Gasteiger partial charge is 0.338 e. The van der Waals surface area contributed by atoms with Crippen molar-refractivity contribution in [2.45, 2.75) is 20.0 Å². The summed E-state index contributed by atoms with van der Waals surface area (Å²) >= 11 is 1.32. The third-order valence-electron chi connectivity index (χ3n) is 4.27. The second-order valence-corrected chi connectivity index (χ2v) is 7.37. The van der Waals surface area contributed by atoms with E-state index in [1.54, 1.807) is 18.2 Å². The van der Waals surface area contributed by atoms with Crippen molar-refractivity contribution < 1.29 is 14.3 Å². The Morgan fingerprint density at radius 2 is 1.93 bits per heavy atom. The standard InChI is InChI=1S/C21H18N4O3S/c1-12-11-29-21(22-12)25-19(26)13(2)28-20(27)15-8-9-16-17(10-15)24-18(23-16)14-6-4-3-5-7-14/h3-11,13H,1-2H3,(H,23,24)(H,22,25,26). The number of aromatic nitrogens is 3. The summed E-state index contributed by atoms with van der Waals surface area (Å²) in [5, 5.41) is 4.95. The maximum atomic E-state index is 12.5. The summed E-state index contributed by atoms with van der Waals surface area (Å²) in [7, 11) is 0. The van der Waals surface area contributed by atoms with E-state index in [1.165, 1.54) is 18.3 Å². The Bertz CT molecular complexity index is 1180. The number of H-pyrrole nitrogens is 1. The van der Waals surface area contributed by atoms with Crippen molar-refractivity contribution in [2.75, 3.05) is 5.32 Å². The number of ether oxygens (including phenoxy) is 1. The molecule has 8 heteroatoms. The second-order valence-electron chi connectivity index (χ2n) is 6.51. The number of aryl methyl sites for hydroxylation is 1. The highest BCUT2D eigenvalue weighted by Gasteiger charge is 2.20. The van der Waals surface area contributed by atoms with E-state index in [0.29, 0.717) is 16.2 Å². The van der Waals surface area contributed by atoms with Crippen molar-refractivity contribution >= 4 is 39.4 Å². The van der Waals surface area contributed by atoms with Gasteiger partial charge in [0.1, 0.15) is 5.82 Å². The molecular weight excluding hydrogens is 388 g/mol. The number of nitrogens with one attached hydrogen (secondary N) is 2. The van der Waals surface area contributed by atoms with Crippen molar-refractivity contribution in [1.82, 2.24) is 15.0 Å². The number of benzene rings is 2. The molecule has 1 unspecified atom stereocenters. The first-order chi connectivity index (χ1) is 14.0. The number of aromatic amines is 1. The van der Waals surface area contributed by atoms with E-state index in [4.69, 9.17) is 4.74 Å². The van der Waals surface area contributed by atoms with Gasteiger partial charge in [0.2, 0.25) is 0 Å². The van der Waals surface area contributed by atoms with E-state index in [0.717, 1.165) is 22.6 Å². The lowest BCUT2D eigenvalue weighted by Gasteiger charge is -2.12. The fraction of sp³-hybridized carbons (Fsp3) is 0.143. The lowest BCUT2D eigenvalue weighted by Crippen LogP contribution is -2.30. The molecule has 0 radical (unpaired) electrons. The summed E-state index contributed by atoms with van der Waals surface area (Å²) in [6.45, 7) is 3.36. The Balaban J connectivity index is 1.47. The van der Waals surface area contributed by atoms with Gasteiger partial charge >= 0.3 is 5.97 Å². The fourth-order valence-electron chi connectivity index (χ4n) is 2.77. The summed E-state index contributed by atoms with van der Waals surface area (Å²) in [6, 6.07) is 14.8. The minimum atomic E-state index is -0.955. The SMILES string of the molecule is Cc1csc(NC(=O)C(C)OC(=O)c2ccc3nc(-c4ccccc4)[nH]c3c2)n1. The monoisotopic (exact) mass is 406 g/mol. The van der Waals surface area contributed by atoms with E-state index in [1.807, 2.05) is 42.6 Å². The zero-order valence-electron chi connectivity index (χ0n) is 15.8. The largest absolute Gasteiger partial charge is 0.449 e. The number of amides is 1. The van der Waals surface area contributed by atoms with Gasteiger partial charge in [-0.1, -0.05) is 30.3 Å². The molecule has 0 saturated carbocycles. The zero-order valence-corrected chi connectivity index (χ0v) is 16.6. The summed E-state index contributed by atoms with van der Waals surface area (Å²) < 4.78 is 5.31. The molecule has 4 rings (SSSR count). The van der Waals surface area contributed by atoms with Crippen LogP contribution in [-0.2, 0) is 9.53 Å². The van der Waals surface area contributed by atoms with Crippen molar-refractivity contribution in [2.24, 2.45) is 0 Å². The van der Waals surface area contributed by atoms with Gasteiger partial charge in [0, 0.05) is 10.9 Å².